The number of hydrogen-bond acceptors (Lipinski definition) is 1. The highest BCUT2D eigenvalue weighted by atomic mass is 16.1. The third-order valence-corrected chi connectivity index (χ3v) is 1.91. The molecule has 0 heterocycles. The number of allylic oxidation sites excluding steroid dienone is 1. The highest BCUT2D eigenvalue weighted by molar-refractivity contribution is 5.95. The van der Waals surface area contributed by atoms with E-state index in [1.54, 1.807) is 0 Å². The summed E-state index contributed by atoms with van der Waals surface area (Å²) in [5.74, 6) is 0.201. The number of hydrogen-bond donors (Lipinski definition) is 0. The molecule has 1 aromatic rings. The van der Waals surface area contributed by atoms with Crippen LogP contribution in [0.4, 0.5) is 0 Å². The van der Waals surface area contributed by atoms with E-state index < -0.39 is 0 Å². The van der Waals surface area contributed by atoms with Crippen molar-refractivity contribution in [2.24, 2.45) is 0 Å². The van der Waals surface area contributed by atoms with Gasteiger partial charge < -0.3 is 0 Å². The van der Waals surface area contributed by atoms with E-state index in [4.69, 9.17) is 0 Å². The smallest absolute Gasteiger partial charge is 0.162 e. The van der Waals surface area contributed by atoms with Gasteiger partial charge in [-0.15, -0.1) is 0 Å². The highest BCUT2D eigenvalue weighted by Gasteiger charge is 2.00. The molecule has 0 aromatic heterocycles. The molecule has 0 spiro atoms. The molecule has 0 atom stereocenters. The standard InChI is InChI=1S/C12H14O/c1-3-5-10-6-8-11(9-7-10)12(13)4-2/h3,5-9H,4H2,1-2H3. The van der Waals surface area contributed by atoms with E-state index in [2.05, 4.69) is 0 Å². The van der Waals surface area contributed by atoms with Gasteiger partial charge in [-0.25, -0.2) is 0 Å². The molecule has 0 unspecified atom stereocenters. The second-order valence-corrected chi connectivity index (χ2v) is 2.90. The van der Waals surface area contributed by atoms with Crippen LogP contribution in [0.2, 0.25) is 0 Å². The molecule has 0 saturated carbocycles. The van der Waals surface area contributed by atoms with Crippen molar-refractivity contribution >= 4 is 11.9 Å². The maximum absolute atomic E-state index is 11.3. The molecule has 0 fully saturated rings. The Morgan fingerprint density at radius 1 is 1.31 bits per heavy atom. The summed E-state index contributed by atoms with van der Waals surface area (Å²) in [4.78, 5) is 11.3. The highest BCUT2D eigenvalue weighted by Crippen LogP contribution is 2.07. The molecule has 1 nitrogen and oxygen atoms in total. The third kappa shape index (κ3) is 2.55. The van der Waals surface area contributed by atoms with Gasteiger partial charge in [0.15, 0.2) is 5.78 Å². The van der Waals surface area contributed by atoms with Crippen LogP contribution in [0, 0.1) is 0 Å². The largest absolute Gasteiger partial charge is 0.294 e. The van der Waals surface area contributed by atoms with Crippen LogP contribution < -0.4 is 0 Å². The van der Waals surface area contributed by atoms with Gasteiger partial charge in [0.05, 0.1) is 0 Å². The average molecular weight is 174 g/mol. The van der Waals surface area contributed by atoms with E-state index in [-0.39, 0.29) is 5.78 Å². The Hall–Kier alpha value is -1.37. The predicted octanol–water partition coefficient (Wildman–Crippen LogP) is 3.31. The minimum atomic E-state index is 0.201. The first-order chi connectivity index (χ1) is 6.27. The van der Waals surface area contributed by atoms with Gasteiger partial charge in [-0.05, 0) is 12.5 Å². The van der Waals surface area contributed by atoms with E-state index in [9.17, 15) is 4.79 Å². The van der Waals surface area contributed by atoms with Gasteiger partial charge in [0, 0.05) is 12.0 Å². The lowest BCUT2D eigenvalue weighted by molar-refractivity contribution is 0.0988. The zero-order valence-electron chi connectivity index (χ0n) is 8.08. The predicted molar refractivity (Wildman–Crippen MR) is 55.8 cm³/mol. The minimum Gasteiger partial charge on any atom is -0.294 e. The van der Waals surface area contributed by atoms with Crippen LogP contribution in [0.3, 0.4) is 0 Å². The van der Waals surface area contributed by atoms with Crippen molar-refractivity contribution in [3.05, 3.63) is 41.5 Å². The van der Waals surface area contributed by atoms with Gasteiger partial charge in [0.2, 0.25) is 0 Å². The topological polar surface area (TPSA) is 17.1 Å². The van der Waals surface area contributed by atoms with Crippen molar-refractivity contribution in [1.29, 1.82) is 0 Å². The Morgan fingerprint density at radius 2 is 1.92 bits per heavy atom. The molecule has 0 N–H and O–H groups in total. The normalized spacial score (nSPS) is 10.6. The fourth-order valence-electron chi connectivity index (χ4n) is 1.18. The van der Waals surface area contributed by atoms with Gasteiger partial charge in [-0.2, -0.15) is 0 Å². The summed E-state index contributed by atoms with van der Waals surface area (Å²) in [7, 11) is 0. The van der Waals surface area contributed by atoms with E-state index in [0.717, 1.165) is 11.1 Å². The molecule has 13 heavy (non-hydrogen) atoms. The fourth-order valence-corrected chi connectivity index (χ4v) is 1.18. The maximum atomic E-state index is 11.3. The number of rotatable bonds is 3. The van der Waals surface area contributed by atoms with E-state index in [1.165, 1.54) is 0 Å². The van der Waals surface area contributed by atoms with Crippen LogP contribution in [0.15, 0.2) is 30.3 Å². The fraction of sp³-hybridized carbons (Fsp3) is 0.250. The zero-order chi connectivity index (χ0) is 9.68. The molecule has 0 aliphatic heterocycles. The van der Waals surface area contributed by atoms with Crippen LogP contribution in [0.25, 0.3) is 6.08 Å². The summed E-state index contributed by atoms with van der Waals surface area (Å²) in [5, 5.41) is 0. The van der Waals surface area contributed by atoms with Gasteiger partial charge in [0.1, 0.15) is 0 Å². The van der Waals surface area contributed by atoms with Crippen LogP contribution in [0.1, 0.15) is 36.2 Å². The number of ketones is 1. The summed E-state index contributed by atoms with van der Waals surface area (Å²) in [6.07, 6.45) is 4.57. The van der Waals surface area contributed by atoms with Crippen molar-refractivity contribution in [3.63, 3.8) is 0 Å². The van der Waals surface area contributed by atoms with Crippen molar-refractivity contribution < 1.29 is 4.79 Å². The first-order valence-electron chi connectivity index (χ1n) is 4.54. The summed E-state index contributed by atoms with van der Waals surface area (Å²) in [6, 6.07) is 7.67. The molecular formula is C12H14O. The molecule has 0 saturated heterocycles. The third-order valence-electron chi connectivity index (χ3n) is 1.91. The zero-order valence-corrected chi connectivity index (χ0v) is 8.08. The molecule has 68 valence electrons. The number of carbonyl (C=O) groups is 1. The minimum absolute atomic E-state index is 0.201. The summed E-state index contributed by atoms with van der Waals surface area (Å²) in [6.45, 7) is 3.85. The molecule has 1 heteroatoms. The maximum Gasteiger partial charge on any atom is 0.162 e. The number of Topliss-reactive ketones (excluding diaryl/α,β-unsaturated/α-hetero) is 1. The van der Waals surface area contributed by atoms with Crippen LogP contribution >= 0.6 is 0 Å². The molecule has 0 amide bonds. The van der Waals surface area contributed by atoms with Crippen molar-refractivity contribution in [1.82, 2.24) is 0 Å². The second kappa shape index (κ2) is 4.61. The lowest BCUT2D eigenvalue weighted by Gasteiger charge is -1.97. The van der Waals surface area contributed by atoms with Crippen molar-refractivity contribution in [2.75, 3.05) is 0 Å². The summed E-state index contributed by atoms with van der Waals surface area (Å²) < 4.78 is 0. The van der Waals surface area contributed by atoms with E-state index in [1.807, 2.05) is 50.3 Å². The first-order valence-corrected chi connectivity index (χ1v) is 4.54. The SMILES string of the molecule is CC=Cc1ccc(C(=O)CC)cc1. The lowest BCUT2D eigenvalue weighted by atomic mass is 10.1. The van der Waals surface area contributed by atoms with E-state index >= 15 is 0 Å². The van der Waals surface area contributed by atoms with Crippen molar-refractivity contribution in [3.8, 4) is 0 Å². The number of benzene rings is 1. The Labute approximate surface area is 79.1 Å². The van der Waals surface area contributed by atoms with Crippen LogP contribution in [-0.2, 0) is 0 Å². The summed E-state index contributed by atoms with van der Waals surface area (Å²) >= 11 is 0. The monoisotopic (exact) mass is 174 g/mol. The Balaban J connectivity index is 2.87. The molecule has 1 aromatic carbocycles. The number of carbonyl (C=O) groups excluding carboxylic acids is 1. The molecular weight excluding hydrogens is 160 g/mol. The van der Waals surface area contributed by atoms with Gasteiger partial charge in [-0.1, -0.05) is 43.3 Å². The molecule has 0 aliphatic rings. The summed E-state index contributed by atoms with van der Waals surface area (Å²) in [5.41, 5.74) is 1.94. The quantitative estimate of drug-likeness (QED) is 0.642. The van der Waals surface area contributed by atoms with Gasteiger partial charge >= 0.3 is 0 Å². The first kappa shape index (κ1) is 9.72. The second-order valence-electron chi connectivity index (χ2n) is 2.90. The van der Waals surface area contributed by atoms with E-state index in [0.29, 0.717) is 6.42 Å². The molecule has 1 rings (SSSR count). The van der Waals surface area contributed by atoms with Crippen LogP contribution in [-0.4, -0.2) is 5.78 Å². The van der Waals surface area contributed by atoms with Crippen LogP contribution in [0.5, 0.6) is 0 Å². The average Bonchev–Trinajstić information content (AvgIpc) is 2.18. The Morgan fingerprint density at radius 3 is 2.38 bits per heavy atom. The Kier molecular flexibility index (Phi) is 3.44. The lowest BCUT2D eigenvalue weighted by Crippen LogP contribution is -1.95. The molecule has 0 aliphatic carbocycles. The molecule has 0 bridgehead atoms. The van der Waals surface area contributed by atoms with Crippen molar-refractivity contribution in [2.45, 2.75) is 20.3 Å². The van der Waals surface area contributed by atoms with Gasteiger partial charge in [-0.3, -0.25) is 4.79 Å². The van der Waals surface area contributed by atoms with Gasteiger partial charge in [0.25, 0.3) is 0 Å². The Bertz CT molecular complexity index is 306. The molecule has 0 radical (unpaired) electrons.